The Morgan fingerprint density at radius 1 is 1.32 bits per heavy atom. The Morgan fingerprint density at radius 2 is 2.15 bits per heavy atom. The molecule has 5 rings (SSSR count). The Hall–Kier alpha value is -4.06. The number of halogens is 1. The summed E-state index contributed by atoms with van der Waals surface area (Å²) in [6.45, 7) is 1.96. The van der Waals surface area contributed by atoms with E-state index in [0.29, 0.717) is 21.9 Å². The normalized spacial score (nSPS) is 14.8. The number of nitrogens with zero attached hydrogens (tertiary/aromatic N) is 5. The zero-order valence-electron chi connectivity index (χ0n) is 17.8. The standard InChI is InChI=1S/C22H17FN6O4S/c1-12-3-2-4-14(7-12)28-20-16(10-24-28)21(31)27-15(11-34-22(27)26-20)9-19(30)25-13-5-6-17(23)18(8-13)29(32)33/h2-8,10,15H,9,11H2,1H3,(H,25,30). The first-order valence-electron chi connectivity index (χ1n) is 10.3. The van der Waals surface area contributed by atoms with Crippen LogP contribution in [0, 0.1) is 22.9 Å². The summed E-state index contributed by atoms with van der Waals surface area (Å²) in [6.07, 6.45) is 1.42. The lowest BCUT2D eigenvalue weighted by molar-refractivity contribution is -0.387. The number of aromatic nitrogens is 4. The van der Waals surface area contributed by atoms with Gasteiger partial charge in [0.05, 0.1) is 22.8 Å². The average molecular weight is 480 g/mol. The van der Waals surface area contributed by atoms with Crippen molar-refractivity contribution in [1.82, 2.24) is 19.3 Å². The molecule has 3 heterocycles. The van der Waals surface area contributed by atoms with Gasteiger partial charge in [0.15, 0.2) is 10.8 Å². The van der Waals surface area contributed by atoms with Crippen LogP contribution < -0.4 is 10.9 Å². The SMILES string of the molecule is Cc1cccc(-n2ncc3c(=O)n4c(nc32)SCC4CC(=O)Nc2ccc(F)c([N+](=O)[O-])c2)c1. The first-order valence-corrected chi connectivity index (χ1v) is 11.2. The summed E-state index contributed by atoms with van der Waals surface area (Å²) in [4.78, 5) is 40.6. The highest BCUT2D eigenvalue weighted by Crippen LogP contribution is 2.34. The Labute approximate surface area is 195 Å². The number of hydrogen-bond acceptors (Lipinski definition) is 7. The summed E-state index contributed by atoms with van der Waals surface area (Å²) in [5.41, 5.74) is 1.36. The molecule has 0 spiro atoms. The third-order valence-corrected chi connectivity index (χ3v) is 6.56. The van der Waals surface area contributed by atoms with Gasteiger partial charge < -0.3 is 5.32 Å². The van der Waals surface area contributed by atoms with Gasteiger partial charge in [-0.3, -0.25) is 24.3 Å². The van der Waals surface area contributed by atoms with Crippen molar-refractivity contribution in [3.8, 4) is 5.69 Å². The quantitative estimate of drug-likeness (QED) is 0.263. The molecule has 1 amide bonds. The monoisotopic (exact) mass is 480 g/mol. The van der Waals surface area contributed by atoms with E-state index < -0.39 is 28.4 Å². The van der Waals surface area contributed by atoms with Crippen LogP contribution in [0.2, 0.25) is 0 Å². The summed E-state index contributed by atoms with van der Waals surface area (Å²) in [5, 5.41) is 18.6. The first-order chi connectivity index (χ1) is 16.3. The van der Waals surface area contributed by atoms with Gasteiger partial charge in [0.2, 0.25) is 11.7 Å². The van der Waals surface area contributed by atoms with Gasteiger partial charge in [-0.15, -0.1) is 0 Å². The highest BCUT2D eigenvalue weighted by molar-refractivity contribution is 7.99. The number of aryl methyl sites for hydroxylation is 1. The number of nitrogens with one attached hydrogen (secondary N) is 1. The van der Waals surface area contributed by atoms with E-state index in [-0.39, 0.29) is 17.7 Å². The number of rotatable bonds is 5. The van der Waals surface area contributed by atoms with E-state index in [0.717, 1.165) is 23.4 Å². The van der Waals surface area contributed by atoms with E-state index in [2.05, 4.69) is 15.4 Å². The minimum absolute atomic E-state index is 0.0513. The van der Waals surface area contributed by atoms with E-state index in [1.807, 2.05) is 31.2 Å². The van der Waals surface area contributed by atoms with E-state index in [9.17, 15) is 24.1 Å². The molecule has 0 saturated heterocycles. The second-order valence-corrected chi connectivity index (χ2v) is 8.83. The fourth-order valence-corrected chi connectivity index (χ4v) is 5.02. The van der Waals surface area contributed by atoms with E-state index >= 15 is 0 Å². The van der Waals surface area contributed by atoms with Crippen molar-refractivity contribution in [1.29, 1.82) is 0 Å². The van der Waals surface area contributed by atoms with Crippen molar-refractivity contribution in [2.75, 3.05) is 11.1 Å². The van der Waals surface area contributed by atoms with Crippen LogP contribution in [0.15, 0.2) is 58.6 Å². The Balaban J connectivity index is 1.42. The molecule has 0 radical (unpaired) electrons. The highest BCUT2D eigenvalue weighted by Gasteiger charge is 2.30. The smallest absolute Gasteiger partial charge is 0.306 e. The zero-order chi connectivity index (χ0) is 24.0. The molecule has 0 bridgehead atoms. The molecule has 1 atom stereocenters. The lowest BCUT2D eigenvalue weighted by atomic mass is 10.2. The van der Waals surface area contributed by atoms with Gasteiger partial charge in [0.25, 0.3) is 5.56 Å². The maximum absolute atomic E-state index is 13.5. The predicted octanol–water partition coefficient (Wildman–Crippen LogP) is 3.61. The van der Waals surface area contributed by atoms with Crippen LogP contribution in [-0.2, 0) is 4.79 Å². The van der Waals surface area contributed by atoms with Gasteiger partial charge in [0, 0.05) is 23.9 Å². The molecule has 1 aliphatic heterocycles. The molecule has 2 aromatic heterocycles. The minimum Gasteiger partial charge on any atom is -0.326 e. The molecule has 12 heteroatoms. The largest absolute Gasteiger partial charge is 0.326 e. The molecule has 0 aliphatic carbocycles. The van der Waals surface area contributed by atoms with E-state index in [4.69, 9.17) is 0 Å². The number of carbonyl (C=O) groups excluding carboxylic acids is 1. The molecule has 10 nitrogen and oxygen atoms in total. The summed E-state index contributed by atoms with van der Waals surface area (Å²) >= 11 is 1.36. The fraction of sp³-hybridized carbons (Fsp3) is 0.182. The fourth-order valence-electron chi connectivity index (χ4n) is 3.89. The lowest BCUT2D eigenvalue weighted by Crippen LogP contribution is -2.27. The summed E-state index contributed by atoms with van der Waals surface area (Å²) in [7, 11) is 0. The van der Waals surface area contributed by atoms with Crippen molar-refractivity contribution in [2.45, 2.75) is 24.5 Å². The minimum atomic E-state index is -0.989. The van der Waals surface area contributed by atoms with Gasteiger partial charge >= 0.3 is 5.69 Å². The number of carbonyl (C=O) groups is 1. The third kappa shape index (κ3) is 3.81. The van der Waals surface area contributed by atoms with Crippen LogP contribution in [0.3, 0.4) is 0 Å². The van der Waals surface area contributed by atoms with Crippen LogP contribution in [0.1, 0.15) is 18.0 Å². The molecule has 2 aromatic carbocycles. The third-order valence-electron chi connectivity index (χ3n) is 5.46. The van der Waals surface area contributed by atoms with Gasteiger partial charge in [-0.1, -0.05) is 23.9 Å². The second kappa shape index (κ2) is 8.37. The zero-order valence-corrected chi connectivity index (χ0v) is 18.6. The number of anilines is 1. The maximum atomic E-state index is 13.5. The molecule has 1 unspecified atom stereocenters. The van der Waals surface area contributed by atoms with Crippen LogP contribution in [0.5, 0.6) is 0 Å². The van der Waals surface area contributed by atoms with Crippen LogP contribution in [0.25, 0.3) is 16.7 Å². The summed E-state index contributed by atoms with van der Waals surface area (Å²) in [6, 6.07) is 10.4. The van der Waals surface area contributed by atoms with Crippen molar-refractivity contribution in [3.05, 3.63) is 80.5 Å². The molecule has 0 fully saturated rings. The number of amides is 1. The second-order valence-electron chi connectivity index (χ2n) is 7.84. The molecule has 172 valence electrons. The van der Waals surface area contributed by atoms with Gasteiger partial charge in [-0.05, 0) is 36.8 Å². The number of hydrogen-bond donors (Lipinski definition) is 1. The first kappa shape index (κ1) is 21.8. The van der Waals surface area contributed by atoms with Crippen LogP contribution in [-0.4, -0.2) is 35.9 Å². The maximum Gasteiger partial charge on any atom is 0.306 e. The van der Waals surface area contributed by atoms with Gasteiger partial charge in [0.1, 0.15) is 5.39 Å². The molecule has 0 saturated carbocycles. The lowest BCUT2D eigenvalue weighted by Gasteiger charge is -2.13. The van der Waals surface area contributed by atoms with Gasteiger partial charge in [-0.2, -0.15) is 9.49 Å². The highest BCUT2D eigenvalue weighted by atomic mass is 32.2. The molecule has 1 N–H and O–H groups in total. The van der Waals surface area contributed by atoms with E-state index in [1.165, 1.54) is 28.6 Å². The number of thioether (sulfide) groups is 1. The van der Waals surface area contributed by atoms with Crippen molar-refractivity contribution in [3.63, 3.8) is 0 Å². The van der Waals surface area contributed by atoms with Crippen LogP contribution in [0.4, 0.5) is 15.8 Å². The number of fused-ring (bicyclic) bond motifs is 2. The Bertz CT molecular complexity index is 1530. The van der Waals surface area contributed by atoms with E-state index in [1.54, 1.807) is 4.68 Å². The number of nitro groups is 1. The van der Waals surface area contributed by atoms with Gasteiger partial charge in [-0.25, -0.2) is 9.67 Å². The van der Waals surface area contributed by atoms with Crippen LogP contribution >= 0.6 is 11.8 Å². The molecular formula is C22H17FN6O4S. The molecule has 34 heavy (non-hydrogen) atoms. The topological polar surface area (TPSA) is 125 Å². The average Bonchev–Trinajstić information content (AvgIpc) is 3.40. The Morgan fingerprint density at radius 3 is 2.91 bits per heavy atom. The van der Waals surface area contributed by atoms with Crippen molar-refractivity contribution < 1.29 is 14.1 Å². The predicted molar refractivity (Wildman–Crippen MR) is 124 cm³/mol. The number of nitro benzene ring substituents is 1. The van der Waals surface area contributed by atoms with Crippen molar-refractivity contribution in [2.24, 2.45) is 0 Å². The summed E-state index contributed by atoms with van der Waals surface area (Å²) < 4.78 is 16.6. The number of benzene rings is 2. The molecule has 4 aromatic rings. The Kier molecular flexibility index (Phi) is 5.36. The molecule has 1 aliphatic rings. The molecular weight excluding hydrogens is 463 g/mol. The van der Waals surface area contributed by atoms with Crippen molar-refractivity contribution >= 4 is 40.1 Å². The summed E-state index contributed by atoms with van der Waals surface area (Å²) in [5.74, 6) is -0.984.